The molecule has 1 amide bonds. The highest BCUT2D eigenvalue weighted by Crippen LogP contribution is 2.30. The van der Waals surface area contributed by atoms with E-state index in [1.165, 1.54) is 19.2 Å². The first kappa shape index (κ1) is 16.1. The van der Waals surface area contributed by atoms with Crippen molar-refractivity contribution >= 4 is 5.91 Å². The molecule has 126 valence electrons. The molecule has 1 aliphatic rings. The molecule has 0 saturated heterocycles. The number of carbonyl (C=O) groups excluding carboxylic acids is 1. The third-order valence-corrected chi connectivity index (χ3v) is 3.68. The van der Waals surface area contributed by atoms with E-state index in [2.05, 4.69) is 5.32 Å². The second-order valence-corrected chi connectivity index (χ2v) is 5.45. The summed E-state index contributed by atoms with van der Waals surface area (Å²) in [4.78, 5) is 12.0. The summed E-state index contributed by atoms with van der Waals surface area (Å²) in [6.45, 7) is 0.695. The van der Waals surface area contributed by atoms with Crippen molar-refractivity contribution in [1.29, 1.82) is 0 Å². The van der Waals surface area contributed by atoms with Crippen LogP contribution in [-0.4, -0.2) is 32.3 Å². The van der Waals surface area contributed by atoms with E-state index in [1.54, 1.807) is 6.07 Å². The molecular formula is C18H18FNO4. The summed E-state index contributed by atoms with van der Waals surface area (Å²) in [5.41, 5.74) is 0.581. The van der Waals surface area contributed by atoms with Crippen LogP contribution < -0.4 is 19.5 Å². The van der Waals surface area contributed by atoms with Gasteiger partial charge in [0.05, 0.1) is 20.1 Å². The first-order valence-corrected chi connectivity index (χ1v) is 7.63. The van der Waals surface area contributed by atoms with E-state index in [9.17, 15) is 9.18 Å². The zero-order chi connectivity index (χ0) is 16.9. The highest BCUT2D eigenvalue weighted by atomic mass is 19.1. The van der Waals surface area contributed by atoms with Crippen LogP contribution in [0.5, 0.6) is 17.2 Å². The summed E-state index contributed by atoms with van der Waals surface area (Å²) in [6, 6.07) is 11.9. The van der Waals surface area contributed by atoms with Gasteiger partial charge in [-0.1, -0.05) is 18.2 Å². The molecule has 0 unspecified atom stereocenters. The summed E-state index contributed by atoms with van der Waals surface area (Å²) in [5, 5.41) is 2.78. The lowest BCUT2D eigenvalue weighted by Gasteiger charge is -2.26. The van der Waals surface area contributed by atoms with Gasteiger partial charge in [0, 0.05) is 0 Å². The number of hydrogen-bond acceptors (Lipinski definition) is 4. The molecular weight excluding hydrogens is 313 g/mol. The second kappa shape index (κ2) is 7.21. The molecule has 24 heavy (non-hydrogen) atoms. The SMILES string of the molecule is COc1ccc(CC(=O)NC[C@H]2COc3ccccc3O2)cc1F. The summed E-state index contributed by atoms with van der Waals surface area (Å²) in [7, 11) is 1.40. The molecule has 1 atom stereocenters. The van der Waals surface area contributed by atoms with Gasteiger partial charge in [0.1, 0.15) is 12.7 Å². The Morgan fingerprint density at radius 3 is 2.83 bits per heavy atom. The van der Waals surface area contributed by atoms with Gasteiger partial charge < -0.3 is 19.5 Å². The average molecular weight is 331 g/mol. The zero-order valence-electron chi connectivity index (χ0n) is 13.3. The lowest BCUT2D eigenvalue weighted by atomic mass is 10.1. The van der Waals surface area contributed by atoms with E-state index in [0.717, 1.165) is 0 Å². The van der Waals surface area contributed by atoms with Gasteiger partial charge in [0.2, 0.25) is 5.91 Å². The minimum absolute atomic E-state index is 0.0884. The molecule has 1 N–H and O–H groups in total. The maximum Gasteiger partial charge on any atom is 0.224 e. The van der Waals surface area contributed by atoms with Crippen LogP contribution in [0.25, 0.3) is 0 Å². The molecule has 0 bridgehead atoms. The van der Waals surface area contributed by atoms with Gasteiger partial charge in [-0.05, 0) is 29.8 Å². The number of nitrogens with one attached hydrogen (secondary N) is 1. The number of carbonyl (C=O) groups is 1. The minimum atomic E-state index is -0.483. The van der Waals surface area contributed by atoms with E-state index in [4.69, 9.17) is 14.2 Å². The number of fused-ring (bicyclic) bond motifs is 1. The van der Waals surface area contributed by atoms with Gasteiger partial charge in [-0.2, -0.15) is 0 Å². The van der Waals surface area contributed by atoms with Crippen LogP contribution in [-0.2, 0) is 11.2 Å². The molecule has 0 spiro atoms. The van der Waals surface area contributed by atoms with E-state index in [0.29, 0.717) is 30.2 Å². The monoisotopic (exact) mass is 331 g/mol. The van der Waals surface area contributed by atoms with E-state index in [-0.39, 0.29) is 24.2 Å². The molecule has 6 heteroatoms. The van der Waals surface area contributed by atoms with Crippen LogP contribution in [0.15, 0.2) is 42.5 Å². The van der Waals surface area contributed by atoms with Crippen molar-refractivity contribution in [1.82, 2.24) is 5.32 Å². The number of ether oxygens (including phenoxy) is 3. The molecule has 0 aromatic heterocycles. The maximum atomic E-state index is 13.6. The van der Waals surface area contributed by atoms with Crippen LogP contribution in [0.1, 0.15) is 5.56 Å². The van der Waals surface area contributed by atoms with Gasteiger partial charge in [-0.15, -0.1) is 0 Å². The average Bonchev–Trinajstić information content (AvgIpc) is 2.60. The second-order valence-electron chi connectivity index (χ2n) is 5.45. The van der Waals surface area contributed by atoms with Gasteiger partial charge in [-0.3, -0.25) is 4.79 Å². The van der Waals surface area contributed by atoms with E-state index < -0.39 is 5.82 Å². The Hall–Kier alpha value is -2.76. The largest absolute Gasteiger partial charge is 0.494 e. The van der Waals surface area contributed by atoms with Crippen molar-refractivity contribution in [3.8, 4) is 17.2 Å². The Labute approximate surface area is 139 Å². The van der Waals surface area contributed by atoms with E-state index in [1.807, 2.05) is 24.3 Å². The zero-order valence-corrected chi connectivity index (χ0v) is 13.3. The van der Waals surface area contributed by atoms with Crippen LogP contribution in [0.4, 0.5) is 4.39 Å². The van der Waals surface area contributed by atoms with Gasteiger partial charge >= 0.3 is 0 Å². The van der Waals surface area contributed by atoms with Crippen molar-refractivity contribution < 1.29 is 23.4 Å². The molecule has 2 aromatic rings. The fourth-order valence-electron chi connectivity index (χ4n) is 2.46. The van der Waals surface area contributed by atoms with Crippen molar-refractivity contribution in [3.05, 3.63) is 53.8 Å². The summed E-state index contributed by atoms with van der Waals surface area (Å²) in [6.07, 6.45) is -0.165. The molecule has 3 rings (SSSR count). The van der Waals surface area contributed by atoms with Crippen molar-refractivity contribution in [2.24, 2.45) is 0 Å². The fraction of sp³-hybridized carbons (Fsp3) is 0.278. The maximum absolute atomic E-state index is 13.6. The van der Waals surface area contributed by atoms with Gasteiger partial charge in [0.15, 0.2) is 23.1 Å². The van der Waals surface area contributed by atoms with Crippen LogP contribution in [0.2, 0.25) is 0 Å². The third-order valence-electron chi connectivity index (χ3n) is 3.68. The van der Waals surface area contributed by atoms with Gasteiger partial charge in [0.25, 0.3) is 0 Å². The van der Waals surface area contributed by atoms with Crippen molar-refractivity contribution in [2.75, 3.05) is 20.3 Å². The third kappa shape index (κ3) is 3.76. The summed E-state index contributed by atoms with van der Waals surface area (Å²) < 4.78 is 29.8. The standard InChI is InChI=1S/C18H18FNO4/c1-22-15-7-6-12(8-14(15)19)9-18(21)20-10-13-11-23-16-4-2-3-5-17(16)24-13/h2-8,13H,9-11H2,1H3,(H,20,21)/t13-/m0/s1. The summed E-state index contributed by atoms with van der Waals surface area (Å²) >= 11 is 0. The first-order valence-electron chi connectivity index (χ1n) is 7.63. The predicted octanol–water partition coefficient (Wildman–Crippen LogP) is 2.33. The minimum Gasteiger partial charge on any atom is -0.494 e. The topological polar surface area (TPSA) is 56.8 Å². The molecule has 1 aliphatic heterocycles. The highest BCUT2D eigenvalue weighted by molar-refractivity contribution is 5.78. The fourth-order valence-corrected chi connectivity index (χ4v) is 2.46. The van der Waals surface area contributed by atoms with Crippen LogP contribution in [0, 0.1) is 5.82 Å². The summed E-state index contributed by atoms with van der Waals surface area (Å²) in [5.74, 6) is 0.838. The Balaban J connectivity index is 1.50. The molecule has 1 heterocycles. The van der Waals surface area contributed by atoms with Crippen molar-refractivity contribution in [3.63, 3.8) is 0 Å². The lowest BCUT2D eigenvalue weighted by Crippen LogP contribution is -2.41. The smallest absolute Gasteiger partial charge is 0.224 e. The van der Waals surface area contributed by atoms with Crippen LogP contribution >= 0.6 is 0 Å². The molecule has 0 fully saturated rings. The number of methoxy groups -OCH3 is 1. The molecule has 0 aliphatic carbocycles. The predicted molar refractivity (Wildman–Crippen MR) is 86.0 cm³/mol. The Bertz CT molecular complexity index is 735. The quantitative estimate of drug-likeness (QED) is 0.914. The normalized spacial score (nSPS) is 15.7. The number of halogens is 1. The highest BCUT2D eigenvalue weighted by Gasteiger charge is 2.21. The number of rotatable bonds is 5. The van der Waals surface area contributed by atoms with Crippen molar-refractivity contribution in [2.45, 2.75) is 12.5 Å². The number of amides is 1. The Morgan fingerprint density at radius 1 is 1.29 bits per heavy atom. The van der Waals surface area contributed by atoms with Gasteiger partial charge in [-0.25, -0.2) is 4.39 Å². The van der Waals surface area contributed by atoms with E-state index >= 15 is 0 Å². The number of benzene rings is 2. The molecule has 2 aromatic carbocycles. The Kier molecular flexibility index (Phi) is 4.84. The molecule has 0 radical (unpaired) electrons. The van der Waals surface area contributed by atoms with Crippen LogP contribution in [0.3, 0.4) is 0 Å². The number of hydrogen-bond donors (Lipinski definition) is 1. The molecule has 5 nitrogen and oxygen atoms in total. The first-order chi connectivity index (χ1) is 11.7. The Morgan fingerprint density at radius 2 is 2.08 bits per heavy atom. The molecule has 0 saturated carbocycles. The number of para-hydroxylation sites is 2. The lowest BCUT2D eigenvalue weighted by molar-refractivity contribution is -0.120.